The van der Waals surface area contributed by atoms with Gasteiger partial charge in [-0.25, -0.2) is 0 Å². The molecule has 0 saturated heterocycles. The van der Waals surface area contributed by atoms with E-state index in [4.69, 9.17) is 14.2 Å². The number of allylic oxidation sites excluding steroid dienone is 14. The first kappa shape index (κ1) is 66.6. The molecule has 0 radical (unpaired) electrons. The smallest absolute Gasteiger partial charge is 0.306 e. The van der Waals surface area contributed by atoms with Gasteiger partial charge in [0.05, 0.1) is 0 Å². The first-order valence-electron chi connectivity index (χ1n) is 29.6. The Morgan fingerprint density at radius 2 is 0.586 bits per heavy atom. The largest absolute Gasteiger partial charge is 0.462 e. The monoisotopic (exact) mass is 975 g/mol. The van der Waals surface area contributed by atoms with E-state index in [0.717, 1.165) is 70.6 Å². The number of hydrogen-bond donors (Lipinski definition) is 0. The summed E-state index contributed by atoms with van der Waals surface area (Å²) in [5, 5.41) is 0. The highest BCUT2D eigenvalue weighted by molar-refractivity contribution is 5.71. The van der Waals surface area contributed by atoms with E-state index in [2.05, 4.69) is 99.8 Å². The highest BCUT2D eigenvalue weighted by Gasteiger charge is 2.19. The quantitative estimate of drug-likeness (QED) is 0.0261. The van der Waals surface area contributed by atoms with Gasteiger partial charge in [-0.05, 0) is 103 Å². The summed E-state index contributed by atoms with van der Waals surface area (Å²) in [7, 11) is 0. The number of ether oxygens (including phenoxy) is 3. The van der Waals surface area contributed by atoms with Gasteiger partial charge < -0.3 is 14.2 Å². The van der Waals surface area contributed by atoms with Crippen molar-refractivity contribution in [3.05, 3.63) is 85.1 Å². The molecule has 0 aromatic heterocycles. The van der Waals surface area contributed by atoms with Crippen LogP contribution < -0.4 is 0 Å². The van der Waals surface area contributed by atoms with Crippen LogP contribution in [0.4, 0.5) is 0 Å². The summed E-state index contributed by atoms with van der Waals surface area (Å²) in [5.74, 6) is -0.991. The molecule has 0 aliphatic carbocycles. The Hall–Kier alpha value is -3.41. The standard InChI is InChI=1S/C64H110O6/c1-4-7-10-13-16-19-22-25-28-31-32-34-36-39-42-45-48-51-54-57-63(66)69-60-61(59-68-62(65)56-53-50-47-44-41-38-35-30-27-24-21-18-15-12-9-6-3)70-64(67)58-55-52-49-46-43-40-37-33-29-26-23-20-17-14-11-8-5-2/h9,12,18,21,26-27,29-32,38,41,47,50,61H,4-8,10-11,13-17,19-20,22-25,28,33-37,39-40,42-46,48-49,51-60H2,1-3H3/b12-9-,21-18-,29-26-,30-27-,32-31-,41-38-,50-47-. The molecule has 1 unspecified atom stereocenters. The van der Waals surface area contributed by atoms with Gasteiger partial charge in [0.1, 0.15) is 13.2 Å². The van der Waals surface area contributed by atoms with Gasteiger partial charge in [-0.1, -0.05) is 247 Å². The summed E-state index contributed by atoms with van der Waals surface area (Å²) in [6.45, 7) is 6.47. The molecule has 0 spiro atoms. The molecule has 6 nitrogen and oxygen atoms in total. The first-order chi connectivity index (χ1) is 34.5. The predicted octanol–water partition coefficient (Wildman–Crippen LogP) is 19.9. The third-order valence-corrected chi connectivity index (χ3v) is 12.6. The Bertz CT molecular complexity index is 1350. The maximum atomic E-state index is 12.9. The number of rotatable bonds is 53. The van der Waals surface area contributed by atoms with E-state index in [1.54, 1.807) is 0 Å². The Kier molecular flexibility index (Phi) is 55.3. The van der Waals surface area contributed by atoms with Crippen molar-refractivity contribution in [3.8, 4) is 0 Å². The molecule has 402 valence electrons. The van der Waals surface area contributed by atoms with Crippen LogP contribution in [0.1, 0.15) is 284 Å². The molecule has 0 saturated carbocycles. The molecule has 0 amide bonds. The lowest BCUT2D eigenvalue weighted by Gasteiger charge is -2.18. The lowest BCUT2D eigenvalue weighted by molar-refractivity contribution is -0.166. The van der Waals surface area contributed by atoms with Crippen molar-refractivity contribution >= 4 is 17.9 Å². The normalized spacial score (nSPS) is 12.7. The van der Waals surface area contributed by atoms with Crippen molar-refractivity contribution in [1.82, 2.24) is 0 Å². The van der Waals surface area contributed by atoms with Crippen LogP contribution in [0.5, 0.6) is 0 Å². The Morgan fingerprint density at radius 1 is 0.300 bits per heavy atom. The number of unbranched alkanes of at least 4 members (excludes halogenated alkanes) is 28. The number of hydrogen-bond acceptors (Lipinski definition) is 6. The molecule has 6 heteroatoms. The summed E-state index contributed by atoms with van der Waals surface area (Å²) in [4.78, 5) is 38.2. The van der Waals surface area contributed by atoms with Crippen molar-refractivity contribution in [2.24, 2.45) is 0 Å². The summed E-state index contributed by atoms with van der Waals surface area (Å²) in [6, 6.07) is 0. The van der Waals surface area contributed by atoms with Gasteiger partial charge in [0.15, 0.2) is 6.10 Å². The van der Waals surface area contributed by atoms with Crippen LogP contribution in [0.2, 0.25) is 0 Å². The van der Waals surface area contributed by atoms with Gasteiger partial charge >= 0.3 is 17.9 Å². The third kappa shape index (κ3) is 55.5. The van der Waals surface area contributed by atoms with Gasteiger partial charge in [0.2, 0.25) is 0 Å². The van der Waals surface area contributed by atoms with Crippen LogP contribution in [-0.2, 0) is 28.6 Å². The number of esters is 3. The van der Waals surface area contributed by atoms with Gasteiger partial charge in [0.25, 0.3) is 0 Å². The van der Waals surface area contributed by atoms with Gasteiger partial charge in [-0.3, -0.25) is 14.4 Å². The molecular weight excluding hydrogens is 865 g/mol. The van der Waals surface area contributed by atoms with Crippen LogP contribution in [0.15, 0.2) is 85.1 Å². The lowest BCUT2D eigenvalue weighted by Crippen LogP contribution is -2.30. The fourth-order valence-electron chi connectivity index (χ4n) is 8.19. The molecule has 0 N–H and O–H groups in total. The first-order valence-corrected chi connectivity index (χ1v) is 29.6. The molecular formula is C64H110O6. The molecule has 0 bridgehead atoms. The molecule has 0 aliphatic rings. The minimum atomic E-state index is -0.811. The molecule has 70 heavy (non-hydrogen) atoms. The van der Waals surface area contributed by atoms with E-state index in [0.29, 0.717) is 19.3 Å². The van der Waals surface area contributed by atoms with Crippen LogP contribution in [0, 0.1) is 0 Å². The van der Waals surface area contributed by atoms with Crippen LogP contribution in [0.3, 0.4) is 0 Å². The van der Waals surface area contributed by atoms with Gasteiger partial charge in [-0.2, -0.15) is 0 Å². The average molecular weight is 976 g/mol. The lowest BCUT2D eigenvalue weighted by atomic mass is 10.1. The second kappa shape index (κ2) is 58.2. The zero-order valence-corrected chi connectivity index (χ0v) is 46.0. The van der Waals surface area contributed by atoms with E-state index in [-0.39, 0.29) is 37.5 Å². The third-order valence-electron chi connectivity index (χ3n) is 12.6. The minimum absolute atomic E-state index is 0.103. The molecule has 0 aromatic carbocycles. The molecule has 0 heterocycles. The summed E-state index contributed by atoms with van der Waals surface area (Å²) < 4.78 is 16.8. The predicted molar refractivity (Wildman–Crippen MR) is 302 cm³/mol. The summed E-state index contributed by atoms with van der Waals surface area (Å²) in [5.41, 5.74) is 0. The topological polar surface area (TPSA) is 78.9 Å². The van der Waals surface area contributed by atoms with Crippen molar-refractivity contribution < 1.29 is 28.6 Å². The van der Waals surface area contributed by atoms with Crippen LogP contribution in [0.25, 0.3) is 0 Å². The molecule has 0 fully saturated rings. The van der Waals surface area contributed by atoms with Crippen molar-refractivity contribution in [3.63, 3.8) is 0 Å². The average Bonchev–Trinajstić information content (AvgIpc) is 3.36. The molecule has 0 aliphatic heterocycles. The Balaban J connectivity index is 4.47. The molecule has 0 rings (SSSR count). The number of carbonyl (C=O) groups excluding carboxylic acids is 3. The second-order valence-corrected chi connectivity index (χ2v) is 19.5. The maximum Gasteiger partial charge on any atom is 0.306 e. The molecule has 0 aromatic rings. The maximum absolute atomic E-state index is 12.9. The SMILES string of the molecule is CC/C=C\C/C=C\C/C=C\C/C=C\C/C=C\CCC(=O)OCC(COC(=O)CCCCCCCCC/C=C\CCCCCCCCCC)OC(=O)CCCCCCCCC/C=C\CCCCCCCC. The van der Waals surface area contributed by atoms with Crippen molar-refractivity contribution in [1.29, 1.82) is 0 Å². The number of carbonyl (C=O) groups is 3. The highest BCUT2D eigenvalue weighted by atomic mass is 16.6. The van der Waals surface area contributed by atoms with Crippen LogP contribution in [-0.4, -0.2) is 37.2 Å². The van der Waals surface area contributed by atoms with E-state index < -0.39 is 6.10 Å². The van der Waals surface area contributed by atoms with Crippen molar-refractivity contribution in [2.45, 2.75) is 290 Å². The van der Waals surface area contributed by atoms with Gasteiger partial charge in [-0.15, -0.1) is 0 Å². The second-order valence-electron chi connectivity index (χ2n) is 19.5. The fourth-order valence-corrected chi connectivity index (χ4v) is 8.19. The Morgan fingerprint density at radius 3 is 0.957 bits per heavy atom. The summed E-state index contributed by atoms with van der Waals surface area (Å²) >= 11 is 0. The molecule has 1 atom stereocenters. The van der Waals surface area contributed by atoms with E-state index in [9.17, 15) is 14.4 Å². The van der Waals surface area contributed by atoms with E-state index in [1.807, 2.05) is 6.08 Å². The van der Waals surface area contributed by atoms with Gasteiger partial charge in [0, 0.05) is 19.3 Å². The fraction of sp³-hybridized carbons (Fsp3) is 0.734. The zero-order chi connectivity index (χ0) is 50.7. The van der Waals surface area contributed by atoms with E-state index >= 15 is 0 Å². The summed E-state index contributed by atoms with van der Waals surface area (Å²) in [6.07, 6.45) is 75.9. The van der Waals surface area contributed by atoms with Crippen molar-refractivity contribution in [2.75, 3.05) is 13.2 Å². The van der Waals surface area contributed by atoms with Crippen LogP contribution >= 0.6 is 0 Å². The van der Waals surface area contributed by atoms with E-state index in [1.165, 1.54) is 167 Å². The minimum Gasteiger partial charge on any atom is -0.462 e. The highest BCUT2D eigenvalue weighted by Crippen LogP contribution is 2.15. The zero-order valence-electron chi connectivity index (χ0n) is 46.0. The Labute approximate surface area is 433 Å².